The fraction of sp³-hybridized carbons (Fsp3) is 0.538. The molecule has 1 aliphatic rings. The Bertz CT molecular complexity index is 573. The monoisotopic (exact) mass is 298 g/mol. The lowest BCUT2D eigenvalue weighted by Gasteiger charge is -2.22. The van der Waals surface area contributed by atoms with Crippen LogP contribution in [-0.4, -0.2) is 47.1 Å². The number of carbonyl (C=O) groups is 1. The van der Waals surface area contributed by atoms with Crippen LogP contribution in [0.1, 0.15) is 19.0 Å². The molecule has 110 valence electrons. The third kappa shape index (κ3) is 3.16. The summed E-state index contributed by atoms with van der Waals surface area (Å²) < 4.78 is 25.9. The Morgan fingerprint density at radius 3 is 2.80 bits per heavy atom. The van der Waals surface area contributed by atoms with Crippen LogP contribution in [-0.2, 0) is 21.2 Å². The summed E-state index contributed by atoms with van der Waals surface area (Å²) in [6.07, 6.45) is 2.34. The predicted molar refractivity (Wildman–Crippen MR) is 73.6 cm³/mol. The van der Waals surface area contributed by atoms with Crippen molar-refractivity contribution < 1.29 is 18.3 Å². The average Bonchev–Trinajstić information content (AvgIpc) is 2.80. The van der Waals surface area contributed by atoms with Gasteiger partial charge in [-0.3, -0.25) is 9.78 Å². The van der Waals surface area contributed by atoms with Gasteiger partial charge in [0.05, 0.1) is 11.7 Å². The largest absolute Gasteiger partial charge is 0.481 e. The number of aliphatic carboxylic acids is 1. The fourth-order valence-corrected chi connectivity index (χ4v) is 4.27. The van der Waals surface area contributed by atoms with Gasteiger partial charge in [-0.1, -0.05) is 6.07 Å². The van der Waals surface area contributed by atoms with Crippen LogP contribution in [0.4, 0.5) is 0 Å². The van der Waals surface area contributed by atoms with Crippen molar-refractivity contribution in [1.82, 2.24) is 9.29 Å². The molecule has 1 aromatic heterocycles. The van der Waals surface area contributed by atoms with Crippen LogP contribution < -0.4 is 0 Å². The van der Waals surface area contributed by atoms with Crippen LogP contribution in [0.3, 0.4) is 0 Å². The first-order valence-corrected chi connectivity index (χ1v) is 8.15. The Kier molecular flexibility index (Phi) is 4.39. The Morgan fingerprint density at radius 2 is 2.25 bits per heavy atom. The molecule has 6 nitrogen and oxygen atoms in total. The van der Waals surface area contributed by atoms with E-state index in [9.17, 15) is 13.2 Å². The molecular formula is C13H18N2O4S. The SMILES string of the molecule is CC1C(C(=O)O)CCN1S(=O)(=O)CCc1ccccn1. The Labute approximate surface area is 118 Å². The zero-order chi connectivity index (χ0) is 14.8. The van der Waals surface area contributed by atoms with Crippen molar-refractivity contribution in [3.63, 3.8) is 0 Å². The predicted octanol–water partition coefficient (Wildman–Crippen LogP) is 0.749. The Hall–Kier alpha value is -1.47. The van der Waals surface area contributed by atoms with Gasteiger partial charge in [-0.2, -0.15) is 4.31 Å². The molecule has 7 heteroatoms. The minimum atomic E-state index is -3.44. The molecule has 1 N–H and O–H groups in total. The minimum Gasteiger partial charge on any atom is -0.481 e. The van der Waals surface area contributed by atoms with E-state index in [1.165, 1.54) is 4.31 Å². The van der Waals surface area contributed by atoms with Gasteiger partial charge in [-0.05, 0) is 25.5 Å². The molecule has 2 atom stereocenters. The first kappa shape index (κ1) is 14.9. The summed E-state index contributed by atoms with van der Waals surface area (Å²) in [7, 11) is -3.44. The van der Waals surface area contributed by atoms with Crippen LogP contribution in [0, 0.1) is 5.92 Å². The van der Waals surface area contributed by atoms with Crippen LogP contribution in [0.5, 0.6) is 0 Å². The standard InChI is InChI=1S/C13H18N2O4S/c1-10-12(13(16)17)5-8-15(10)20(18,19)9-6-11-4-2-3-7-14-11/h2-4,7,10,12H,5-6,8-9H2,1H3,(H,16,17). The number of aromatic nitrogens is 1. The number of aryl methyl sites for hydroxylation is 1. The topological polar surface area (TPSA) is 87.6 Å². The maximum Gasteiger partial charge on any atom is 0.308 e. The van der Waals surface area contributed by atoms with Gasteiger partial charge in [-0.25, -0.2) is 8.42 Å². The van der Waals surface area contributed by atoms with Crippen LogP contribution in [0.2, 0.25) is 0 Å². The van der Waals surface area contributed by atoms with Crippen molar-refractivity contribution in [3.05, 3.63) is 30.1 Å². The zero-order valence-corrected chi connectivity index (χ0v) is 12.1. The van der Waals surface area contributed by atoms with Gasteiger partial charge in [0.15, 0.2) is 0 Å². The molecule has 2 rings (SSSR count). The molecule has 0 amide bonds. The molecule has 0 spiro atoms. The Morgan fingerprint density at radius 1 is 1.50 bits per heavy atom. The third-order valence-electron chi connectivity index (χ3n) is 3.71. The third-order valence-corrected chi connectivity index (χ3v) is 5.66. The van der Waals surface area contributed by atoms with Gasteiger partial charge >= 0.3 is 5.97 Å². The summed E-state index contributed by atoms with van der Waals surface area (Å²) in [6, 6.07) is 4.88. The highest BCUT2D eigenvalue weighted by molar-refractivity contribution is 7.89. The van der Waals surface area contributed by atoms with Crippen molar-refractivity contribution in [1.29, 1.82) is 0 Å². The highest BCUT2D eigenvalue weighted by Gasteiger charge is 2.41. The van der Waals surface area contributed by atoms with Gasteiger partial charge in [0.25, 0.3) is 0 Å². The maximum atomic E-state index is 12.3. The van der Waals surface area contributed by atoms with Crippen LogP contribution >= 0.6 is 0 Å². The highest BCUT2D eigenvalue weighted by Crippen LogP contribution is 2.27. The number of nitrogens with zero attached hydrogens (tertiary/aromatic N) is 2. The summed E-state index contributed by atoms with van der Waals surface area (Å²) in [6.45, 7) is 1.94. The van der Waals surface area contributed by atoms with E-state index in [0.717, 1.165) is 5.69 Å². The lowest BCUT2D eigenvalue weighted by atomic mass is 10.0. The summed E-state index contributed by atoms with van der Waals surface area (Å²) in [4.78, 5) is 15.1. The molecule has 0 radical (unpaired) electrons. The molecule has 20 heavy (non-hydrogen) atoms. The summed E-state index contributed by atoms with van der Waals surface area (Å²) in [5.41, 5.74) is 0.720. The number of pyridine rings is 1. The lowest BCUT2D eigenvalue weighted by Crippen LogP contribution is -2.39. The van der Waals surface area contributed by atoms with E-state index in [2.05, 4.69) is 4.98 Å². The molecule has 1 saturated heterocycles. The van der Waals surface area contributed by atoms with Gasteiger partial charge in [-0.15, -0.1) is 0 Å². The van der Waals surface area contributed by atoms with Gasteiger partial charge in [0.1, 0.15) is 0 Å². The van der Waals surface area contributed by atoms with E-state index in [-0.39, 0.29) is 12.3 Å². The number of sulfonamides is 1. The average molecular weight is 298 g/mol. The quantitative estimate of drug-likeness (QED) is 0.866. The zero-order valence-electron chi connectivity index (χ0n) is 11.3. The smallest absolute Gasteiger partial charge is 0.308 e. The number of hydrogen-bond donors (Lipinski definition) is 1. The molecule has 0 saturated carbocycles. The molecule has 2 unspecified atom stereocenters. The van der Waals surface area contributed by atoms with Crippen molar-refractivity contribution >= 4 is 16.0 Å². The minimum absolute atomic E-state index is 0.0410. The first-order chi connectivity index (χ1) is 9.42. The van der Waals surface area contributed by atoms with Crippen LogP contribution in [0.15, 0.2) is 24.4 Å². The van der Waals surface area contributed by atoms with Gasteiger partial charge < -0.3 is 5.11 Å². The van der Waals surface area contributed by atoms with E-state index < -0.39 is 28.0 Å². The summed E-state index contributed by atoms with van der Waals surface area (Å²) >= 11 is 0. The van der Waals surface area contributed by atoms with Crippen molar-refractivity contribution in [2.45, 2.75) is 25.8 Å². The second kappa shape index (κ2) is 5.88. The molecule has 1 fully saturated rings. The van der Waals surface area contributed by atoms with E-state index in [1.807, 2.05) is 6.07 Å². The lowest BCUT2D eigenvalue weighted by molar-refractivity contribution is -0.142. The second-order valence-electron chi connectivity index (χ2n) is 4.97. The van der Waals surface area contributed by atoms with E-state index in [1.54, 1.807) is 25.3 Å². The molecule has 0 bridgehead atoms. The molecule has 1 aromatic rings. The second-order valence-corrected chi connectivity index (χ2v) is 7.01. The maximum absolute atomic E-state index is 12.3. The normalized spacial score (nSPS) is 23.9. The number of carboxylic acids is 1. The number of rotatable bonds is 5. The van der Waals surface area contributed by atoms with Crippen molar-refractivity contribution in [3.8, 4) is 0 Å². The van der Waals surface area contributed by atoms with Crippen molar-refractivity contribution in [2.75, 3.05) is 12.3 Å². The molecule has 0 aliphatic carbocycles. The van der Waals surface area contributed by atoms with Crippen molar-refractivity contribution in [2.24, 2.45) is 5.92 Å². The van der Waals surface area contributed by atoms with Gasteiger partial charge in [0.2, 0.25) is 10.0 Å². The number of carboxylic acid groups (broad SMARTS) is 1. The Balaban J connectivity index is 2.02. The highest BCUT2D eigenvalue weighted by atomic mass is 32.2. The molecule has 2 heterocycles. The van der Waals surface area contributed by atoms with E-state index in [0.29, 0.717) is 12.8 Å². The molecule has 0 aromatic carbocycles. The fourth-order valence-electron chi connectivity index (χ4n) is 2.53. The molecule has 1 aliphatic heterocycles. The van der Waals surface area contributed by atoms with E-state index >= 15 is 0 Å². The summed E-state index contributed by atoms with van der Waals surface area (Å²) in [5.74, 6) is -1.58. The van der Waals surface area contributed by atoms with E-state index in [4.69, 9.17) is 5.11 Å². The summed E-state index contributed by atoms with van der Waals surface area (Å²) in [5, 5.41) is 9.04. The van der Waals surface area contributed by atoms with Gasteiger partial charge in [0, 0.05) is 30.9 Å². The molecular weight excluding hydrogens is 280 g/mol. The first-order valence-electron chi connectivity index (χ1n) is 6.54. The number of hydrogen-bond acceptors (Lipinski definition) is 4. The van der Waals surface area contributed by atoms with Crippen LogP contribution in [0.25, 0.3) is 0 Å².